The van der Waals surface area contributed by atoms with E-state index in [1.54, 1.807) is 14.2 Å². The van der Waals surface area contributed by atoms with Gasteiger partial charge in [0.25, 0.3) is 0 Å². The van der Waals surface area contributed by atoms with Crippen molar-refractivity contribution in [2.75, 3.05) is 31.4 Å². The average molecular weight is 452 g/mol. The first-order chi connectivity index (χ1) is 16.0. The lowest BCUT2D eigenvalue weighted by Gasteiger charge is -2.21. The van der Waals surface area contributed by atoms with Crippen LogP contribution in [0.1, 0.15) is 38.7 Å². The van der Waals surface area contributed by atoms with E-state index in [2.05, 4.69) is 27.9 Å². The number of nitrogens with one attached hydrogen (secondary N) is 3. The van der Waals surface area contributed by atoms with E-state index in [-0.39, 0.29) is 11.9 Å². The molecule has 176 valence electrons. The van der Waals surface area contributed by atoms with E-state index < -0.39 is 0 Å². The van der Waals surface area contributed by atoms with Gasteiger partial charge < -0.3 is 25.4 Å². The topological polar surface area (TPSA) is 97.4 Å². The number of ether oxygens (including phenoxy) is 2. The largest absolute Gasteiger partial charge is 0.497 e. The summed E-state index contributed by atoms with van der Waals surface area (Å²) in [6, 6.07) is 13.7. The maximum absolute atomic E-state index is 11.5. The first kappa shape index (κ1) is 24.1. The van der Waals surface area contributed by atoms with Crippen LogP contribution in [0.3, 0.4) is 0 Å². The van der Waals surface area contributed by atoms with Crippen molar-refractivity contribution in [3.8, 4) is 11.5 Å². The molecule has 0 aliphatic heterocycles. The van der Waals surface area contributed by atoms with Gasteiger partial charge in [-0.3, -0.25) is 4.79 Å². The quantitative estimate of drug-likeness (QED) is 0.376. The van der Waals surface area contributed by atoms with Gasteiger partial charge in [-0.05, 0) is 30.7 Å². The number of carbonyl (C=O) groups excluding carboxylic acids is 1. The van der Waals surface area contributed by atoms with Crippen molar-refractivity contribution < 1.29 is 14.3 Å². The molecule has 2 aromatic carbocycles. The number of anilines is 2. The number of aromatic nitrogens is 2. The summed E-state index contributed by atoms with van der Waals surface area (Å²) in [5, 5.41) is 10.7. The monoisotopic (exact) mass is 451 g/mol. The number of hydrogen-bond donors (Lipinski definition) is 3. The van der Waals surface area contributed by atoms with E-state index in [1.165, 1.54) is 6.92 Å². The summed E-state index contributed by atoms with van der Waals surface area (Å²) in [4.78, 5) is 20.9. The average Bonchev–Trinajstić information content (AvgIpc) is 2.84. The Hall–Kier alpha value is -3.55. The van der Waals surface area contributed by atoms with Crippen LogP contribution in [0.15, 0.2) is 42.5 Å². The third kappa shape index (κ3) is 6.71. The highest BCUT2D eigenvalue weighted by Gasteiger charge is 2.14. The minimum atomic E-state index is -0.0401. The molecule has 0 aliphatic rings. The fourth-order valence-electron chi connectivity index (χ4n) is 3.57. The van der Waals surface area contributed by atoms with Crippen molar-refractivity contribution >= 4 is 28.6 Å². The van der Waals surface area contributed by atoms with E-state index >= 15 is 0 Å². The number of nitrogens with zero attached hydrogens (tertiary/aromatic N) is 2. The summed E-state index contributed by atoms with van der Waals surface area (Å²) in [5.74, 6) is 2.69. The normalized spacial score (nSPS) is 11.6. The summed E-state index contributed by atoms with van der Waals surface area (Å²) in [7, 11) is 3.27. The number of para-hydroxylation sites is 1. The number of methoxy groups -OCH3 is 2. The fourth-order valence-corrected chi connectivity index (χ4v) is 3.57. The molecule has 8 nitrogen and oxygen atoms in total. The van der Waals surface area contributed by atoms with Crippen molar-refractivity contribution in [1.29, 1.82) is 0 Å². The standard InChI is InChI=1S/C25H33N5O3/c1-5-6-9-19(16-26-17(2)31)28-24-21-10-7-8-11-22(21)29-25(30-24)27-15-18-12-13-20(32-3)14-23(18)33-4/h7-8,10-14,19H,5-6,9,15-16H2,1-4H3,(H,26,31)(H2,27,28,29,30)/t19-/m1/s1. The van der Waals surface area contributed by atoms with Gasteiger partial charge in [0.15, 0.2) is 0 Å². The second-order valence-corrected chi connectivity index (χ2v) is 7.86. The van der Waals surface area contributed by atoms with Crippen LogP contribution in [-0.4, -0.2) is 42.7 Å². The highest BCUT2D eigenvalue weighted by Crippen LogP contribution is 2.27. The molecule has 1 heterocycles. The van der Waals surface area contributed by atoms with Gasteiger partial charge in [0.1, 0.15) is 17.3 Å². The van der Waals surface area contributed by atoms with Crippen LogP contribution in [-0.2, 0) is 11.3 Å². The smallest absolute Gasteiger partial charge is 0.225 e. The molecule has 3 N–H and O–H groups in total. The van der Waals surface area contributed by atoms with E-state index in [0.29, 0.717) is 19.0 Å². The first-order valence-corrected chi connectivity index (χ1v) is 11.3. The van der Waals surface area contributed by atoms with Crippen LogP contribution < -0.4 is 25.4 Å². The summed E-state index contributed by atoms with van der Waals surface area (Å²) in [5.41, 5.74) is 1.81. The van der Waals surface area contributed by atoms with Crippen LogP contribution in [0.25, 0.3) is 10.9 Å². The second kappa shape index (κ2) is 11.9. The molecule has 1 amide bonds. The molecule has 0 unspecified atom stereocenters. The van der Waals surface area contributed by atoms with Crippen molar-refractivity contribution in [2.45, 2.75) is 45.7 Å². The van der Waals surface area contributed by atoms with Crippen LogP contribution in [0.2, 0.25) is 0 Å². The number of carbonyl (C=O) groups is 1. The number of unbranched alkanes of at least 4 members (excludes halogenated alkanes) is 1. The maximum Gasteiger partial charge on any atom is 0.225 e. The van der Waals surface area contributed by atoms with E-state index in [0.717, 1.165) is 53.0 Å². The van der Waals surface area contributed by atoms with Crippen molar-refractivity contribution in [3.05, 3.63) is 48.0 Å². The van der Waals surface area contributed by atoms with E-state index in [1.807, 2.05) is 42.5 Å². The lowest BCUT2D eigenvalue weighted by molar-refractivity contribution is -0.119. The third-order valence-electron chi connectivity index (χ3n) is 5.38. The van der Waals surface area contributed by atoms with Crippen molar-refractivity contribution in [3.63, 3.8) is 0 Å². The zero-order valence-electron chi connectivity index (χ0n) is 19.8. The van der Waals surface area contributed by atoms with Crippen LogP contribution in [0.4, 0.5) is 11.8 Å². The van der Waals surface area contributed by atoms with E-state index in [9.17, 15) is 4.79 Å². The zero-order chi connectivity index (χ0) is 23.6. The molecule has 1 aromatic heterocycles. The Morgan fingerprint density at radius 2 is 1.91 bits per heavy atom. The lowest BCUT2D eigenvalue weighted by atomic mass is 10.1. The Balaban J connectivity index is 1.84. The molecule has 0 spiro atoms. The molecule has 0 saturated heterocycles. The molecule has 1 atom stereocenters. The van der Waals surface area contributed by atoms with Gasteiger partial charge in [-0.25, -0.2) is 4.98 Å². The number of rotatable bonds is 12. The predicted molar refractivity (Wildman–Crippen MR) is 132 cm³/mol. The molecule has 8 heteroatoms. The van der Waals surface area contributed by atoms with Crippen molar-refractivity contribution in [2.24, 2.45) is 0 Å². The van der Waals surface area contributed by atoms with Crippen LogP contribution >= 0.6 is 0 Å². The molecular weight excluding hydrogens is 418 g/mol. The Labute approximate surface area is 195 Å². The SMILES string of the molecule is CCCC[C@H](CNC(C)=O)Nc1nc(NCc2ccc(OC)cc2OC)nc2ccccc12. The minimum absolute atomic E-state index is 0.0401. The van der Waals surface area contributed by atoms with Gasteiger partial charge in [0, 0.05) is 43.1 Å². The maximum atomic E-state index is 11.5. The van der Waals surface area contributed by atoms with Gasteiger partial charge >= 0.3 is 0 Å². The summed E-state index contributed by atoms with van der Waals surface area (Å²) in [6.07, 6.45) is 3.07. The van der Waals surface area contributed by atoms with Gasteiger partial charge in [0.2, 0.25) is 11.9 Å². The molecule has 0 saturated carbocycles. The number of benzene rings is 2. The molecule has 0 bridgehead atoms. The number of hydrogen-bond acceptors (Lipinski definition) is 7. The Bertz CT molecular complexity index is 1070. The van der Waals surface area contributed by atoms with Gasteiger partial charge in [0.05, 0.1) is 19.7 Å². The number of amides is 1. The van der Waals surface area contributed by atoms with Crippen LogP contribution in [0.5, 0.6) is 11.5 Å². The lowest BCUT2D eigenvalue weighted by Crippen LogP contribution is -2.35. The predicted octanol–water partition coefficient (Wildman–Crippen LogP) is 4.37. The van der Waals surface area contributed by atoms with Gasteiger partial charge in [-0.2, -0.15) is 4.98 Å². The molecule has 0 fully saturated rings. The summed E-state index contributed by atoms with van der Waals surface area (Å²) < 4.78 is 10.8. The molecule has 33 heavy (non-hydrogen) atoms. The minimum Gasteiger partial charge on any atom is -0.497 e. The molecule has 0 aliphatic carbocycles. The molecule has 3 rings (SSSR count). The summed E-state index contributed by atoms with van der Waals surface area (Å²) >= 11 is 0. The summed E-state index contributed by atoms with van der Waals surface area (Å²) in [6.45, 7) is 4.73. The molecule has 3 aromatic rings. The Kier molecular flexibility index (Phi) is 8.69. The molecule has 0 radical (unpaired) electrons. The molecular formula is C25H33N5O3. The Morgan fingerprint density at radius 1 is 1.09 bits per heavy atom. The second-order valence-electron chi connectivity index (χ2n) is 7.86. The third-order valence-corrected chi connectivity index (χ3v) is 5.38. The van der Waals surface area contributed by atoms with Gasteiger partial charge in [-0.15, -0.1) is 0 Å². The fraction of sp³-hybridized carbons (Fsp3) is 0.400. The van der Waals surface area contributed by atoms with Crippen molar-refractivity contribution in [1.82, 2.24) is 15.3 Å². The Morgan fingerprint density at radius 3 is 2.64 bits per heavy atom. The highest BCUT2D eigenvalue weighted by molar-refractivity contribution is 5.90. The first-order valence-electron chi connectivity index (χ1n) is 11.3. The highest BCUT2D eigenvalue weighted by atomic mass is 16.5. The zero-order valence-corrected chi connectivity index (χ0v) is 19.8. The van der Waals surface area contributed by atoms with E-state index in [4.69, 9.17) is 14.5 Å². The van der Waals surface area contributed by atoms with Gasteiger partial charge in [-0.1, -0.05) is 31.9 Å². The van der Waals surface area contributed by atoms with Crippen LogP contribution in [0, 0.1) is 0 Å². The number of fused-ring (bicyclic) bond motifs is 1.